The minimum Gasteiger partial charge on any atom is -0.496 e. The molecular formula is C13H17NO3. The topological polar surface area (TPSA) is 47.6 Å². The number of nitrogens with one attached hydrogen (secondary N) is 1. The van der Waals surface area contributed by atoms with E-state index in [1.807, 2.05) is 12.1 Å². The fourth-order valence-corrected chi connectivity index (χ4v) is 1.94. The Morgan fingerprint density at radius 3 is 3.06 bits per heavy atom. The van der Waals surface area contributed by atoms with Crippen molar-refractivity contribution >= 4 is 5.91 Å². The average molecular weight is 235 g/mol. The number of hydrogen-bond acceptors (Lipinski definition) is 3. The highest BCUT2D eigenvalue weighted by molar-refractivity contribution is 5.96. The van der Waals surface area contributed by atoms with Gasteiger partial charge >= 0.3 is 0 Å². The van der Waals surface area contributed by atoms with Crippen molar-refractivity contribution in [1.82, 2.24) is 5.32 Å². The molecule has 2 rings (SSSR count). The highest BCUT2D eigenvalue weighted by Crippen LogP contribution is 2.17. The third-order valence-corrected chi connectivity index (χ3v) is 2.87. The number of hydrogen-bond donors (Lipinski definition) is 1. The smallest absolute Gasteiger partial charge is 0.255 e. The van der Waals surface area contributed by atoms with Crippen molar-refractivity contribution < 1.29 is 14.3 Å². The van der Waals surface area contributed by atoms with Crippen LogP contribution in [0.3, 0.4) is 0 Å². The first-order valence-corrected chi connectivity index (χ1v) is 5.84. The molecule has 92 valence electrons. The second-order valence-corrected chi connectivity index (χ2v) is 4.05. The van der Waals surface area contributed by atoms with E-state index in [4.69, 9.17) is 9.47 Å². The Labute approximate surface area is 101 Å². The molecule has 1 aromatic rings. The summed E-state index contributed by atoms with van der Waals surface area (Å²) < 4.78 is 10.6. The van der Waals surface area contributed by atoms with Gasteiger partial charge in [0.25, 0.3) is 5.91 Å². The van der Waals surface area contributed by atoms with E-state index in [0.717, 1.165) is 19.4 Å². The fraction of sp³-hybridized carbons (Fsp3) is 0.462. The van der Waals surface area contributed by atoms with Crippen LogP contribution in [0.15, 0.2) is 24.3 Å². The number of methoxy groups -OCH3 is 1. The summed E-state index contributed by atoms with van der Waals surface area (Å²) in [6, 6.07) is 7.20. The Kier molecular flexibility index (Phi) is 3.98. The lowest BCUT2D eigenvalue weighted by Crippen LogP contribution is -2.31. The molecule has 1 aliphatic rings. The van der Waals surface area contributed by atoms with E-state index in [1.165, 1.54) is 0 Å². The summed E-state index contributed by atoms with van der Waals surface area (Å²) in [5.41, 5.74) is 0.563. The van der Waals surface area contributed by atoms with Crippen molar-refractivity contribution in [2.75, 3.05) is 20.3 Å². The summed E-state index contributed by atoms with van der Waals surface area (Å²) in [4.78, 5) is 11.9. The predicted octanol–water partition coefficient (Wildman–Crippen LogP) is 1.60. The molecule has 1 fully saturated rings. The molecule has 1 atom stereocenters. The maximum atomic E-state index is 11.9. The molecule has 17 heavy (non-hydrogen) atoms. The zero-order chi connectivity index (χ0) is 12.1. The van der Waals surface area contributed by atoms with Gasteiger partial charge in [-0.25, -0.2) is 0 Å². The Morgan fingerprint density at radius 2 is 2.35 bits per heavy atom. The van der Waals surface area contributed by atoms with Crippen LogP contribution in [0, 0.1) is 0 Å². The van der Waals surface area contributed by atoms with Gasteiger partial charge in [-0.05, 0) is 25.0 Å². The number of ether oxygens (including phenoxy) is 2. The van der Waals surface area contributed by atoms with Crippen LogP contribution in [0.4, 0.5) is 0 Å². The molecule has 1 saturated heterocycles. The maximum absolute atomic E-state index is 11.9. The zero-order valence-corrected chi connectivity index (χ0v) is 9.94. The first kappa shape index (κ1) is 11.9. The molecule has 4 nitrogen and oxygen atoms in total. The Morgan fingerprint density at radius 1 is 1.53 bits per heavy atom. The quantitative estimate of drug-likeness (QED) is 0.862. The summed E-state index contributed by atoms with van der Waals surface area (Å²) in [6.07, 6.45) is 2.26. The van der Waals surface area contributed by atoms with E-state index in [-0.39, 0.29) is 12.0 Å². The SMILES string of the molecule is COc1ccccc1C(=O)NC[C@H]1CCCO1. The van der Waals surface area contributed by atoms with Gasteiger partial charge in [0.15, 0.2) is 0 Å². The lowest BCUT2D eigenvalue weighted by Gasteiger charge is -2.12. The van der Waals surface area contributed by atoms with Crippen molar-refractivity contribution in [3.8, 4) is 5.75 Å². The van der Waals surface area contributed by atoms with Crippen molar-refractivity contribution in [1.29, 1.82) is 0 Å². The molecule has 0 bridgehead atoms. The van der Waals surface area contributed by atoms with Crippen LogP contribution in [0.2, 0.25) is 0 Å². The number of benzene rings is 1. The summed E-state index contributed by atoms with van der Waals surface area (Å²) in [5.74, 6) is 0.482. The Hall–Kier alpha value is -1.55. The highest BCUT2D eigenvalue weighted by Gasteiger charge is 2.17. The number of carbonyl (C=O) groups excluding carboxylic acids is 1. The lowest BCUT2D eigenvalue weighted by molar-refractivity contribution is 0.0855. The minimum absolute atomic E-state index is 0.113. The monoisotopic (exact) mass is 235 g/mol. The molecule has 0 spiro atoms. The van der Waals surface area contributed by atoms with Gasteiger partial charge in [-0.1, -0.05) is 12.1 Å². The van der Waals surface area contributed by atoms with Crippen molar-refractivity contribution in [2.24, 2.45) is 0 Å². The van der Waals surface area contributed by atoms with Gasteiger partial charge in [0.1, 0.15) is 5.75 Å². The molecular weight excluding hydrogens is 218 g/mol. The van der Waals surface area contributed by atoms with Crippen molar-refractivity contribution in [2.45, 2.75) is 18.9 Å². The van der Waals surface area contributed by atoms with E-state index in [0.29, 0.717) is 17.9 Å². The molecule has 0 aliphatic carbocycles. The van der Waals surface area contributed by atoms with Gasteiger partial charge in [0.05, 0.1) is 18.8 Å². The fourth-order valence-electron chi connectivity index (χ4n) is 1.94. The summed E-state index contributed by atoms with van der Waals surface area (Å²) in [6.45, 7) is 1.37. The second-order valence-electron chi connectivity index (χ2n) is 4.05. The van der Waals surface area contributed by atoms with Crippen molar-refractivity contribution in [3.63, 3.8) is 0 Å². The van der Waals surface area contributed by atoms with Crippen LogP contribution in [0.25, 0.3) is 0 Å². The van der Waals surface area contributed by atoms with Crippen LogP contribution in [0.5, 0.6) is 5.75 Å². The van der Waals surface area contributed by atoms with Gasteiger partial charge in [-0.2, -0.15) is 0 Å². The van der Waals surface area contributed by atoms with Gasteiger partial charge < -0.3 is 14.8 Å². The molecule has 1 heterocycles. The Bertz CT molecular complexity index is 386. The van der Waals surface area contributed by atoms with Crippen LogP contribution < -0.4 is 10.1 Å². The molecule has 1 amide bonds. The highest BCUT2D eigenvalue weighted by atomic mass is 16.5. The Balaban J connectivity index is 1.94. The van der Waals surface area contributed by atoms with Gasteiger partial charge in [-0.15, -0.1) is 0 Å². The molecule has 1 aromatic carbocycles. The first-order valence-electron chi connectivity index (χ1n) is 5.84. The molecule has 4 heteroatoms. The van der Waals surface area contributed by atoms with E-state index in [2.05, 4.69) is 5.32 Å². The maximum Gasteiger partial charge on any atom is 0.255 e. The molecule has 0 unspecified atom stereocenters. The molecule has 1 aliphatic heterocycles. The van der Waals surface area contributed by atoms with Crippen LogP contribution in [-0.4, -0.2) is 32.3 Å². The third-order valence-electron chi connectivity index (χ3n) is 2.87. The van der Waals surface area contributed by atoms with Crippen LogP contribution in [-0.2, 0) is 4.74 Å². The summed E-state index contributed by atoms with van der Waals surface area (Å²) in [5, 5.41) is 2.87. The minimum atomic E-state index is -0.113. The van der Waals surface area contributed by atoms with Gasteiger partial charge in [0.2, 0.25) is 0 Å². The van der Waals surface area contributed by atoms with Crippen LogP contribution >= 0.6 is 0 Å². The molecule has 0 aromatic heterocycles. The largest absolute Gasteiger partial charge is 0.496 e. The number of para-hydroxylation sites is 1. The predicted molar refractivity (Wildman–Crippen MR) is 64.3 cm³/mol. The molecule has 0 radical (unpaired) electrons. The van der Waals surface area contributed by atoms with Gasteiger partial charge in [-0.3, -0.25) is 4.79 Å². The van der Waals surface area contributed by atoms with E-state index in [9.17, 15) is 4.79 Å². The van der Waals surface area contributed by atoms with E-state index >= 15 is 0 Å². The van der Waals surface area contributed by atoms with Crippen molar-refractivity contribution in [3.05, 3.63) is 29.8 Å². The van der Waals surface area contributed by atoms with E-state index in [1.54, 1.807) is 19.2 Å². The van der Waals surface area contributed by atoms with Crippen LogP contribution in [0.1, 0.15) is 23.2 Å². The normalized spacial score (nSPS) is 19.0. The van der Waals surface area contributed by atoms with E-state index < -0.39 is 0 Å². The first-order chi connectivity index (χ1) is 8.31. The lowest BCUT2D eigenvalue weighted by atomic mass is 10.2. The summed E-state index contributed by atoms with van der Waals surface area (Å²) in [7, 11) is 1.56. The number of rotatable bonds is 4. The number of amides is 1. The zero-order valence-electron chi connectivity index (χ0n) is 9.94. The molecule has 0 saturated carbocycles. The summed E-state index contributed by atoms with van der Waals surface area (Å²) >= 11 is 0. The second kappa shape index (κ2) is 5.68. The standard InChI is InChI=1S/C13H17NO3/c1-16-12-7-3-2-6-11(12)13(15)14-9-10-5-4-8-17-10/h2-3,6-7,10H,4-5,8-9H2,1H3,(H,14,15)/t10-/m1/s1. The molecule has 1 N–H and O–H groups in total. The van der Waals surface area contributed by atoms with Gasteiger partial charge in [0, 0.05) is 13.2 Å². The number of carbonyl (C=O) groups is 1. The average Bonchev–Trinajstić information content (AvgIpc) is 2.89. The third kappa shape index (κ3) is 2.97.